The first kappa shape index (κ1) is 30.7. The van der Waals surface area contributed by atoms with Crippen LogP contribution in [0.1, 0.15) is 36.4 Å². The third-order valence-electron chi connectivity index (χ3n) is 5.63. The van der Waals surface area contributed by atoms with E-state index in [1.807, 2.05) is 26.0 Å². The summed E-state index contributed by atoms with van der Waals surface area (Å²) in [5, 5.41) is 0. The summed E-state index contributed by atoms with van der Waals surface area (Å²) in [4.78, 5) is 9.46. The number of hydrogen-bond donors (Lipinski definition) is 0. The number of nitrogens with zero attached hydrogens (tertiary/aromatic N) is 2. The Balaban J connectivity index is 0.00000441. The van der Waals surface area contributed by atoms with Crippen molar-refractivity contribution in [3.63, 3.8) is 0 Å². The second-order valence-electron chi connectivity index (χ2n) is 8.92. The van der Waals surface area contributed by atoms with Crippen molar-refractivity contribution in [2.75, 3.05) is 0 Å². The van der Waals surface area contributed by atoms with E-state index < -0.39 is 17.8 Å². The first-order valence-electron chi connectivity index (χ1n) is 11.5. The van der Waals surface area contributed by atoms with E-state index >= 15 is 0 Å². The number of aromatic nitrogens is 2. The minimum atomic E-state index is -4.60. The Hall–Kier alpha value is -3.87. The molecule has 0 spiro atoms. The van der Waals surface area contributed by atoms with Crippen LogP contribution in [0.5, 0.6) is 0 Å². The summed E-state index contributed by atoms with van der Waals surface area (Å²) in [6.45, 7) is 3.82. The second-order valence-corrected chi connectivity index (χ2v) is 8.92. The molecule has 0 saturated carbocycles. The molecule has 4 aromatic rings. The van der Waals surface area contributed by atoms with Crippen LogP contribution in [-0.2, 0) is 26.5 Å². The van der Waals surface area contributed by atoms with Crippen LogP contribution in [0.3, 0.4) is 0 Å². The van der Waals surface area contributed by atoms with Crippen molar-refractivity contribution < 1.29 is 47.4 Å². The van der Waals surface area contributed by atoms with Crippen LogP contribution in [0, 0.1) is 35.8 Å². The van der Waals surface area contributed by atoms with E-state index in [-0.39, 0.29) is 32.2 Å². The van der Waals surface area contributed by atoms with Crippen molar-refractivity contribution in [1.82, 2.24) is 9.97 Å². The maximum atomic E-state index is 12.5. The van der Waals surface area contributed by atoms with Gasteiger partial charge in [-0.2, -0.15) is 26.3 Å². The number of benzene rings is 2. The topological polar surface area (TPSA) is 25.8 Å². The molecule has 2 aromatic carbocycles. The minimum Gasteiger partial charge on any atom is -0.300 e. The Morgan fingerprint density at radius 1 is 0.625 bits per heavy atom. The summed E-state index contributed by atoms with van der Waals surface area (Å²) in [5.74, 6) is 6.73. The number of pyridine rings is 2. The molecular weight excluding hydrogens is 709 g/mol. The zero-order chi connectivity index (χ0) is 28.3. The van der Waals surface area contributed by atoms with Crippen molar-refractivity contribution in [3.8, 4) is 46.2 Å². The van der Waals surface area contributed by atoms with Gasteiger partial charge in [-0.05, 0) is 37.4 Å². The van der Waals surface area contributed by atoms with Gasteiger partial charge in [-0.1, -0.05) is 47.2 Å². The SMILES string of the molecule is CC(C)(c1cccc(-c2[c-]ccc(C#CC(F)(F)F)c2)n1)c1cccc(-c2[c-]ccc(C#CC(F)(F)F)c2)n1.[Pt+2]. The quantitative estimate of drug-likeness (QED) is 0.123. The second kappa shape index (κ2) is 12.1. The smallest absolute Gasteiger partial charge is 0.300 e. The van der Waals surface area contributed by atoms with Gasteiger partial charge in [0.05, 0.1) is 0 Å². The Labute approximate surface area is 242 Å². The fourth-order valence-corrected chi connectivity index (χ4v) is 3.67. The zero-order valence-corrected chi connectivity index (χ0v) is 23.2. The Kier molecular flexibility index (Phi) is 9.28. The third-order valence-corrected chi connectivity index (χ3v) is 5.63. The Morgan fingerprint density at radius 2 is 1.02 bits per heavy atom. The van der Waals surface area contributed by atoms with Crippen molar-refractivity contribution >= 4 is 0 Å². The normalized spacial score (nSPS) is 11.4. The van der Waals surface area contributed by atoms with Gasteiger partial charge >= 0.3 is 33.4 Å². The van der Waals surface area contributed by atoms with E-state index in [0.29, 0.717) is 33.9 Å². The van der Waals surface area contributed by atoms with Crippen molar-refractivity contribution in [2.24, 2.45) is 0 Å². The molecule has 0 saturated heterocycles. The summed E-state index contributed by atoms with van der Waals surface area (Å²) in [7, 11) is 0. The van der Waals surface area contributed by atoms with Crippen LogP contribution in [0.4, 0.5) is 26.3 Å². The number of hydrogen-bond acceptors (Lipinski definition) is 2. The molecule has 0 N–H and O–H groups in total. The molecule has 2 nitrogen and oxygen atoms in total. The van der Waals surface area contributed by atoms with Gasteiger partial charge in [0, 0.05) is 28.6 Å². The van der Waals surface area contributed by atoms with E-state index in [0.717, 1.165) is 0 Å². The van der Waals surface area contributed by atoms with Crippen molar-refractivity contribution in [2.45, 2.75) is 31.6 Å². The van der Waals surface area contributed by atoms with Gasteiger partial charge in [-0.25, -0.2) is 0 Å². The van der Waals surface area contributed by atoms with E-state index in [2.05, 4.69) is 24.0 Å². The van der Waals surface area contributed by atoms with Crippen LogP contribution in [0.2, 0.25) is 0 Å². The molecule has 4 rings (SSSR count). The number of halogens is 6. The van der Waals surface area contributed by atoms with E-state index in [9.17, 15) is 26.3 Å². The number of rotatable bonds is 4. The van der Waals surface area contributed by atoms with Crippen LogP contribution in [0.25, 0.3) is 22.5 Å². The molecule has 0 radical (unpaired) electrons. The van der Waals surface area contributed by atoms with Gasteiger partial charge in [0.15, 0.2) is 0 Å². The molecule has 2 aromatic heterocycles. The first-order valence-corrected chi connectivity index (χ1v) is 11.5. The maximum absolute atomic E-state index is 12.5. The van der Waals surface area contributed by atoms with Crippen molar-refractivity contribution in [3.05, 3.63) is 107 Å². The molecular formula is C31H18F6N2Pt. The Morgan fingerprint density at radius 3 is 1.40 bits per heavy atom. The van der Waals surface area contributed by atoms with Crippen LogP contribution in [0.15, 0.2) is 72.8 Å². The van der Waals surface area contributed by atoms with E-state index in [4.69, 9.17) is 9.97 Å². The first-order chi connectivity index (χ1) is 18.3. The molecule has 2 heterocycles. The summed E-state index contributed by atoms with van der Waals surface area (Å²) >= 11 is 0. The van der Waals surface area contributed by atoms with Crippen LogP contribution >= 0.6 is 0 Å². The van der Waals surface area contributed by atoms with Crippen LogP contribution < -0.4 is 0 Å². The molecule has 0 bridgehead atoms. The average molecular weight is 728 g/mol. The van der Waals surface area contributed by atoms with Gasteiger partial charge < -0.3 is 9.97 Å². The molecule has 0 unspecified atom stereocenters. The summed E-state index contributed by atoms with van der Waals surface area (Å²) in [5.41, 5.74) is 2.88. The maximum Gasteiger partial charge on any atom is 2.00 e. The third kappa shape index (κ3) is 8.07. The Bertz CT molecular complexity index is 1510. The van der Waals surface area contributed by atoms with Gasteiger partial charge in [0.2, 0.25) is 0 Å². The predicted octanol–water partition coefficient (Wildman–Crippen LogP) is 7.56. The molecule has 0 fully saturated rings. The molecule has 40 heavy (non-hydrogen) atoms. The predicted molar refractivity (Wildman–Crippen MR) is 135 cm³/mol. The zero-order valence-electron chi connectivity index (χ0n) is 20.9. The molecule has 0 aliphatic carbocycles. The standard InChI is InChI=1S/C31H18F6N2.Pt/c1-29(2,27-13-5-11-25(38-27)23-9-3-7-21(19-23)15-17-30(32,33)34)28-14-6-12-26(39-28)24-10-4-8-22(20-24)16-18-31(35,36)37;/h3-8,11-14,19-20H,1-2H3;/q-2;+2. The fourth-order valence-electron chi connectivity index (χ4n) is 3.67. The monoisotopic (exact) mass is 727 g/mol. The summed E-state index contributed by atoms with van der Waals surface area (Å²) in [6.07, 6.45) is -9.20. The number of alkyl halides is 6. The van der Waals surface area contributed by atoms with Gasteiger partial charge in [-0.15, -0.1) is 59.7 Å². The largest absolute Gasteiger partial charge is 2.00 e. The van der Waals surface area contributed by atoms with E-state index in [1.54, 1.807) is 24.3 Å². The van der Waals surface area contributed by atoms with Gasteiger partial charge in [-0.3, -0.25) is 0 Å². The molecule has 204 valence electrons. The molecule has 0 amide bonds. The van der Waals surface area contributed by atoms with Crippen LogP contribution in [-0.4, -0.2) is 22.3 Å². The van der Waals surface area contributed by atoms with Gasteiger partial charge in [0.1, 0.15) is 0 Å². The summed E-state index contributed by atoms with van der Waals surface area (Å²) in [6, 6.07) is 25.4. The molecule has 0 aliphatic rings. The molecule has 0 atom stereocenters. The van der Waals surface area contributed by atoms with Gasteiger partial charge in [0.25, 0.3) is 0 Å². The van der Waals surface area contributed by atoms with E-state index in [1.165, 1.54) is 48.2 Å². The fraction of sp³-hybridized carbons (Fsp3) is 0.161. The average Bonchev–Trinajstić information content (AvgIpc) is 2.90. The van der Waals surface area contributed by atoms with Crippen molar-refractivity contribution in [1.29, 1.82) is 0 Å². The molecule has 9 heteroatoms. The summed E-state index contributed by atoms with van der Waals surface area (Å²) < 4.78 is 75.0. The molecule has 0 aliphatic heterocycles. The minimum absolute atomic E-state index is 0.